The van der Waals surface area contributed by atoms with Crippen LogP contribution in [0.5, 0.6) is 0 Å². The molecule has 1 atom stereocenters. The van der Waals surface area contributed by atoms with Crippen molar-refractivity contribution in [2.75, 3.05) is 26.8 Å². The number of ether oxygens (including phenoxy) is 1. The van der Waals surface area contributed by atoms with E-state index < -0.39 is 0 Å². The van der Waals surface area contributed by atoms with Gasteiger partial charge in [-0.1, -0.05) is 0 Å². The van der Waals surface area contributed by atoms with Crippen LogP contribution in [0.25, 0.3) is 11.2 Å². The summed E-state index contributed by atoms with van der Waals surface area (Å²) in [5.41, 5.74) is 2.39. The van der Waals surface area contributed by atoms with Gasteiger partial charge in [-0.3, -0.25) is 18.9 Å². The van der Waals surface area contributed by atoms with E-state index in [2.05, 4.69) is 15.0 Å². The fraction of sp³-hybridized carbons (Fsp3) is 0.450. The molecule has 1 fully saturated rings. The lowest BCUT2D eigenvalue weighted by atomic mass is 10.1. The highest BCUT2D eigenvalue weighted by molar-refractivity contribution is 5.92. The van der Waals surface area contributed by atoms with Gasteiger partial charge in [-0.05, 0) is 31.9 Å². The molecule has 9 heteroatoms. The zero-order valence-corrected chi connectivity index (χ0v) is 16.6. The molecule has 0 saturated carbocycles. The molecule has 0 aliphatic carbocycles. The Balaban J connectivity index is 1.65. The molecule has 0 N–H and O–H groups in total. The molecule has 1 aliphatic rings. The molecule has 4 rings (SSSR count). The molecule has 3 aromatic rings. The summed E-state index contributed by atoms with van der Waals surface area (Å²) in [5, 5.41) is 0. The predicted molar refractivity (Wildman–Crippen MR) is 107 cm³/mol. The molecule has 0 unspecified atom stereocenters. The molecule has 1 amide bonds. The number of methoxy groups -OCH3 is 1. The molecule has 0 aromatic carbocycles. The first-order chi connectivity index (χ1) is 14.1. The molecule has 9 nitrogen and oxygen atoms in total. The van der Waals surface area contributed by atoms with Crippen LogP contribution < -0.4 is 5.69 Å². The fourth-order valence-corrected chi connectivity index (χ4v) is 3.85. The number of fused-ring (bicyclic) bond motifs is 1. The number of piperidine rings is 1. The van der Waals surface area contributed by atoms with Crippen molar-refractivity contribution >= 4 is 17.1 Å². The van der Waals surface area contributed by atoms with E-state index in [1.807, 2.05) is 19.1 Å². The molecule has 1 aliphatic heterocycles. The van der Waals surface area contributed by atoms with E-state index >= 15 is 0 Å². The van der Waals surface area contributed by atoms with Gasteiger partial charge in [0, 0.05) is 32.6 Å². The van der Waals surface area contributed by atoms with Crippen LogP contribution in [0.1, 0.15) is 35.1 Å². The lowest BCUT2D eigenvalue weighted by Crippen LogP contribution is -2.43. The highest BCUT2D eigenvalue weighted by Gasteiger charge is 2.29. The van der Waals surface area contributed by atoms with Crippen LogP contribution in [0.2, 0.25) is 0 Å². The van der Waals surface area contributed by atoms with Crippen LogP contribution >= 0.6 is 0 Å². The van der Waals surface area contributed by atoms with Crippen LogP contribution in [0.15, 0.2) is 35.5 Å². The van der Waals surface area contributed by atoms with Crippen LogP contribution in [0, 0.1) is 6.92 Å². The Bertz CT molecular complexity index is 1070. The average Bonchev–Trinajstić information content (AvgIpc) is 3.03. The quantitative estimate of drug-likeness (QED) is 0.647. The number of hydrogen-bond donors (Lipinski definition) is 0. The molecule has 152 valence electrons. The number of aromatic nitrogens is 5. The summed E-state index contributed by atoms with van der Waals surface area (Å²) >= 11 is 0. The zero-order chi connectivity index (χ0) is 20.4. The Morgan fingerprint density at radius 2 is 2.14 bits per heavy atom. The summed E-state index contributed by atoms with van der Waals surface area (Å²) in [6.07, 6.45) is 6.40. The van der Waals surface area contributed by atoms with Gasteiger partial charge in [-0.2, -0.15) is 0 Å². The minimum atomic E-state index is -0.161. The molecular formula is C20H24N6O3. The second kappa shape index (κ2) is 8.12. The molecule has 29 heavy (non-hydrogen) atoms. The zero-order valence-electron chi connectivity index (χ0n) is 16.6. The van der Waals surface area contributed by atoms with Gasteiger partial charge in [0.2, 0.25) is 0 Å². The number of rotatable bonds is 5. The lowest BCUT2D eigenvalue weighted by Gasteiger charge is -2.32. The first-order valence-corrected chi connectivity index (χ1v) is 9.72. The summed E-state index contributed by atoms with van der Waals surface area (Å²) < 4.78 is 8.58. The maximum atomic E-state index is 13.2. The smallest absolute Gasteiger partial charge is 0.330 e. The Kier molecular flexibility index (Phi) is 5.39. The van der Waals surface area contributed by atoms with Gasteiger partial charge in [-0.25, -0.2) is 14.8 Å². The Labute approximate surface area is 168 Å². The van der Waals surface area contributed by atoms with E-state index in [1.165, 1.54) is 6.20 Å². The highest BCUT2D eigenvalue weighted by Crippen LogP contribution is 2.25. The SMILES string of the molecule is COCCn1c(=O)n([C@H]2CCCN(C(=O)c3cnc(C)cn3)C2)c2ncccc21. The molecule has 0 spiro atoms. The van der Waals surface area contributed by atoms with Gasteiger partial charge in [0.05, 0.1) is 36.6 Å². The number of pyridine rings is 1. The van der Waals surface area contributed by atoms with E-state index in [4.69, 9.17) is 4.74 Å². The maximum absolute atomic E-state index is 13.2. The summed E-state index contributed by atoms with van der Waals surface area (Å²) in [5.74, 6) is -0.161. The molecular weight excluding hydrogens is 372 g/mol. The standard InChI is InChI=1S/C20H24N6O3/c1-14-11-23-16(12-22-14)19(27)24-8-4-5-15(13-24)26-18-17(6-3-7-21-18)25(20(26)28)9-10-29-2/h3,6-7,11-12,15H,4-5,8-10,13H2,1-2H3/t15-/m0/s1. The summed E-state index contributed by atoms with van der Waals surface area (Å²) in [6.45, 7) is 3.80. The van der Waals surface area contributed by atoms with Crippen molar-refractivity contribution in [2.45, 2.75) is 32.4 Å². The predicted octanol–water partition coefficient (Wildman–Crippen LogP) is 1.42. The van der Waals surface area contributed by atoms with Crippen molar-refractivity contribution in [1.82, 2.24) is 29.0 Å². The van der Waals surface area contributed by atoms with Crippen molar-refractivity contribution < 1.29 is 9.53 Å². The van der Waals surface area contributed by atoms with Crippen LogP contribution in [0.4, 0.5) is 0 Å². The number of aryl methyl sites for hydroxylation is 1. The largest absolute Gasteiger partial charge is 0.383 e. The molecule has 4 heterocycles. The van der Waals surface area contributed by atoms with Crippen molar-refractivity contribution in [1.29, 1.82) is 0 Å². The molecule has 0 bridgehead atoms. The van der Waals surface area contributed by atoms with Crippen molar-refractivity contribution in [3.63, 3.8) is 0 Å². The van der Waals surface area contributed by atoms with Crippen molar-refractivity contribution in [3.8, 4) is 0 Å². The summed E-state index contributed by atoms with van der Waals surface area (Å²) in [6, 6.07) is 3.57. The maximum Gasteiger partial charge on any atom is 0.330 e. The van der Waals surface area contributed by atoms with Gasteiger partial charge >= 0.3 is 5.69 Å². The van der Waals surface area contributed by atoms with Crippen LogP contribution in [0.3, 0.4) is 0 Å². The van der Waals surface area contributed by atoms with Gasteiger partial charge in [-0.15, -0.1) is 0 Å². The topological polar surface area (TPSA) is 95.1 Å². The number of hydrogen-bond acceptors (Lipinski definition) is 6. The number of amides is 1. The van der Waals surface area contributed by atoms with Gasteiger partial charge in [0.25, 0.3) is 5.91 Å². The minimum Gasteiger partial charge on any atom is -0.383 e. The molecule has 3 aromatic heterocycles. The third-order valence-corrected chi connectivity index (χ3v) is 5.29. The van der Waals surface area contributed by atoms with Gasteiger partial charge in [0.1, 0.15) is 5.69 Å². The monoisotopic (exact) mass is 396 g/mol. The van der Waals surface area contributed by atoms with E-state index in [1.54, 1.807) is 33.5 Å². The van der Waals surface area contributed by atoms with E-state index in [0.717, 1.165) is 24.1 Å². The number of carbonyl (C=O) groups excluding carboxylic acids is 1. The first kappa shape index (κ1) is 19.3. The van der Waals surface area contributed by atoms with Gasteiger partial charge in [0.15, 0.2) is 5.65 Å². The third kappa shape index (κ3) is 3.65. The van der Waals surface area contributed by atoms with E-state index in [-0.39, 0.29) is 17.6 Å². The molecule has 1 saturated heterocycles. The number of carbonyl (C=O) groups is 1. The minimum absolute atomic E-state index is 0.120. The molecule has 0 radical (unpaired) electrons. The highest BCUT2D eigenvalue weighted by atomic mass is 16.5. The number of likely N-dealkylation sites (tertiary alicyclic amines) is 1. The second-order valence-electron chi connectivity index (χ2n) is 7.23. The van der Waals surface area contributed by atoms with Crippen LogP contribution in [-0.4, -0.2) is 61.7 Å². The lowest BCUT2D eigenvalue weighted by molar-refractivity contribution is 0.0672. The Morgan fingerprint density at radius 3 is 2.90 bits per heavy atom. The van der Waals surface area contributed by atoms with E-state index in [0.29, 0.717) is 37.6 Å². The second-order valence-corrected chi connectivity index (χ2v) is 7.23. The van der Waals surface area contributed by atoms with Gasteiger partial charge < -0.3 is 9.64 Å². The number of nitrogens with zero attached hydrogens (tertiary/aromatic N) is 6. The average molecular weight is 396 g/mol. The van der Waals surface area contributed by atoms with Crippen molar-refractivity contribution in [3.05, 3.63) is 52.6 Å². The normalized spacial score (nSPS) is 17.0. The number of imidazole rings is 1. The Morgan fingerprint density at radius 1 is 1.28 bits per heavy atom. The summed E-state index contributed by atoms with van der Waals surface area (Å²) in [7, 11) is 1.61. The van der Waals surface area contributed by atoms with Crippen LogP contribution in [-0.2, 0) is 11.3 Å². The Hall–Kier alpha value is -3.07. The first-order valence-electron chi connectivity index (χ1n) is 9.72. The van der Waals surface area contributed by atoms with E-state index in [9.17, 15) is 9.59 Å². The third-order valence-electron chi connectivity index (χ3n) is 5.29. The fourth-order valence-electron chi connectivity index (χ4n) is 3.85. The van der Waals surface area contributed by atoms with Crippen molar-refractivity contribution in [2.24, 2.45) is 0 Å². The summed E-state index contributed by atoms with van der Waals surface area (Å²) in [4.78, 5) is 40.6.